The maximum atomic E-state index is 13.7. The van der Waals surface area contributed by atoms with Crippen molar-refractivity contribution in [3.63, 3.8) is 0 Å². The molecule has 1 heterocycles. The number of carbonyl (C=O) groups is 2. The second kappa shape index (κ2) is 11.7. The van der Waals surface area contributed by atoms with Crippen molar-refractivity contribution in [3.05, 3.63) is 95.6 Å². The highest BCUT2D eigenvalue weighted by Gasteiger charge is 2.39. The average Bonchev–Trinajstić information content (AvgIpc) is 3.42. The third kappa shape index (κ3) is 5.36. The molecule has 1 saturated heterocycles. The van der Waals surface area contributed by atoms with Gasteiger partial charge in [-0.15, -0.1) is 0 Å². The Labute approximate surface area is 212 Å². The smallest absolute Gasteiger partial charge is 0.243 e. The highest BCUT2D eigenvalue weighted by molar-refractivity contribution is 5.91. The van der Waals surface area contributed by atoms with Crippen LogP contribution in [0, 0.1) is 0 Å². The quantitative estimate of drug-likeness (QED) is 0.482. The van der Waals surface area contributed by atoms with Gasteiger partial charge < -0.3 is 25.4 Å². The Kier molecular flexibility index (Phi) is 8.23. The van der Waals surface area contributed by atoms with E-state index in [0.29, 0.717) is 24.5 Å². The van der Waals surface area contributed by atoms with Gasteiger partial charge in [-0.05, 0) is 36.1 Å². The number of hydrogen-bond donors (Lipinski definition) is 2. The highest BCUT2D eigenvalue weighted by atomic mass is 16.5. The van der Waals surface area contributed by atoms with E-state index in [0.717, 1.165) is 23.1 Å². The fraction of sp³-hybridized carbons (Fsp3) is 0.310. The Hall–Kier alpha value is -3.84. The zero-order chi connectivity index (χ0) is 25.5. The molecule has 3 aromatic rings. The minimum atomic E-state index is -0.822. The molecule has 7 heteroatoms. The first-order valence-corrected chi connectivity index (χ1v) is 12.2. The van der Waals surface area contributed by atoms with Crippen LogP contribution in [-0.2, 0) is 16.1 Å². The number of benzene rings is 3. The van der Waals surface area contributed by atoms with Crippen LogP contribution in [0.5, 0.6) is 11.5 Å². The first-order valence-electron chi connectivity index (χ1n) is 12.2. The normalized spacial score (nSPS) is 16.0. The molecule has 1 aliphatic heterocycles. The van der Waals surface area contributed by atoms with Gasteiger partial charge in [0.15, 0.2) is 0 Å². The molecule has 4 rings (SSSR count). The summed E-state index contributed by atoms with van der Waals surface area (Å²) < 4.78 is 10.9. The Balaban J connectivity index is 1.52. The summed E-state index contributed by atoms with van der Waals surface area (Å²) in [5, 5.41) is 2.97. The number of nitrogens with two attached hydrogens (primary N) is 1. The number of nitrogens with zero attached hydrogens (tertiary/aromatic N) is 1. The lowest BCUT2D eigenvalue weighted by Crippen LogP contribution is -2.52. The lowest BCUT2D eigenvalue weighted by molar-refractivity contribution is -0.139. The van der Waals surface area contributed by atoms with Gasteiger partial charge in [0.25, 0.3) is 0 Å². The van der Waals surface area contributed by atoms with Crippen molar-refractivity contribution in [2.45, 2.75) is 37.4 Å². The van der Waals surface area contributed by atoms with E-state index >= 15 is 0 Å². The number of methoxy groups -OCH3 is 2. The zero-order valence-corrected chi connectivity index (χ0v) is 20.7. The first kappa shape index (κ1) is 25.3. The number of likely N-dealkylation sites (tertiary alicyclic amines) is 1. The molecule has 36 heavy (non-hydrogen) atoms. The molecule has 2 amide bonds. The van der Waals surface area contributed by atoms with E-state index in [-0.39, 0.29) is 24.3 Å². The van der Waals surface area contributed by atoms with Crippen molar-refractivity contribution in [1.29, 1.82) is 0 Å². The van der Waals surface area contributed by atoms with Crippen LogP contribution in [0.2, 0.25) is 0 Å². The van der Waals surface area contributed by atoms with E-state index in [4.69, 9.17) is 15.2 Å². The molecular formula is C29H33N3O4. The lowest BCUT2D eigenvalue weighted by atomic mass is 9.84. The van der Waals surface area contributed by atoms with Crippen molar-refractivity contribution in [2.75, 3.05) is 20.8 Å². The van der Waals surface area contributed by atoms with Gasteiger partial charge >= 0.3 is 0 Å². The second-order valence-corrected chi connectivity index (χ2v) is 8.87. The molecular weight excluding hydrogens is 454 g/mol. The molecule has 0 radical (unpaired) electrons. The van der Waals surface area contributed by atoms with E-state index in [1.165, 1.54) is 0 Å². The molecule has 7 nitrogen and oxygen atoms in total. The lowest BCUT2D eigenvalue weighted by Gasteiger charge is -2.31. The summed E-state index contributed by atoms with van der Waals surface area (Å²) in [7, 11) is 3.16. The summed E-state index contributed by atoms with van der Waals surface area (Å²) in [6.45, 7) is 0.728. The Bertz CT molecular complexity index is 1110. The maximum absolute atomic E-state index is 13.7. The number of ether oxygens (including phenoxy) is 2. The van der Waals surface area contributed by atoms with Crippen molar-refractivity contribution >= 4 is 11.8 Å². The van der Waals surface area contributed by atoms with E-state index in [2.05, 4.69) is 5.32 Å². The predicted molar refractivity (Wildman–Crippen MR) is 139 cm³/mol. The van der Waals surface area contributed by atoms with Crippen LogP contribution in [0.4, 0.5) is 0 Å². The van der Waals surface area contributed by atoms with Crippen LogP contribution in [0.1, 0.15) is 35.4 Å². The standard InChI is InChI=1S/C29H33N3O4/c1-35-24-16-9-17-25(36-2)22(24)19-31-28(33)23-15-10-18-32(23)29(34)27(30)26(20-11-5-3-6-12-20)21-13-7-4-8-14-21/h3-9,11-14,16-17,23,26-27H,10,15,18-19,30H2,1-2H3,(H,31,33)/t23?,27-/m1/s1. The summed E-state index contributed by atoms with van der Waals surface area (Å²) >= 11 is 0. The minimum absolute atomic E-state index is 0.211. The van der Waals surface area contributed by atoms with Gasteiger partial charge in [-0.25, -0.2) is 0 Å². The summed E-state index contributed by atoms with van der Waals surface area (Å²) in [6.07, 6.45) is 1.34. The largest absolute Gasteiger partial charge is 0.496 e. The fourth-order valence-corrected chi connectivity index (χ4v) is 4.96. The topological polar surface area (TPSA) is 93.9 Å². The number of hydrogen-bond acceptors (Lipinski definition) is 5. The summed E-state index contributed by atoms with van der Waals surface area (Å²) in [5.74, 6) is 0.508. The average molecular weight is 488 g/mol. The minimum Gasteiger partial charge on any atom is -0.496 e. The zero-order valence-electron chi connectivity index (χ0n) is 20.7. The van der Waals surface area contributed by atoms with E-state index in [1.807, 2.05) is 78.9 Å². The van der Waals surface area contributed by atoms with Gasteiger partial charge in [-0.1, -0.05) is 66.7 Å². The monoisotopic (exact) mass is 487 g/mol. The van der Waals surface area contributed by atoms with E-state index in [1.54, 1.807) is 19.1 Å². The molecule has 3 aromatic carbocycles. The third-order valence-electron chi connectivity index (χ3n) is 6.77. The van der Waals surface area contributed by atoms with E-state index in [9.17, 15) is 9.59 Å². The molecule has 3 N–H and O–H groups in total. The summed E-state index contributed by atoms with van der Waals surface area (Å²) in [6, 6.07) is 23.7. The Morgan fingerprint density at radius 3 is 2.00 bits per heavy atom. The second-order valence-electron chi connectivity index (χ2n) is 8.87. The van der Waals surface area contributed by atoms with Crippen molar-refractivity contribution in [3.8, 4) is 11.5 Å². The first-order chi connectivity index (χ1) is 17.5. The Morgan fingerprint density at radius 1 is 0.917 bits per heavy atom. The van der Waals surface area contributed by atoms with E-state index < -0.39 is 12.1 Å². The molecule has 0 aliphatic carbocycles. The molecule has 188 valence electrons. The molecule has 0 bridgehead atoms. The molecule has 1 fully saturated rings. The van der Waals surface area contributed by atoms with Crippen LogP contribution in [0.25, 0.3) is 0 Å². The van der Waals surface area contributed by atoms with Gasteiger partial charge in [0.2, 0.25) is 11.8 Å². The number of carbonyl (C=O) groups excluding carboxylic acids is 2. The maximum Gasteiger partial charge on any atom is 0.243 e. The van der Waals surface area contributed by atoms with Gasteiger partial charge in [-0.2, -0.15) is 0 Å². The van der Waals surface area contributed by atoms with Crippen LogP contribution < -0.4 is 20.5 Å². The highest BCUT2D eigenvalue weighted by Crippen LogP contribution is 2.31. The van der Waals surface area contributed by atoms with Crippen LogP contribution in [0.3, 0.4) is 0 Å². The third-order valence-corrected chi connectivity index (χ3v) is 6.77. The number of rotatable bonds is 9. The number of nitrogens with one attached hydrogen (secondary N) is 1. The van der Waals surface area contributed by atoms with Gasteiger partial charge in [0.05, 0.1) is 32.4 Å². The molecule has 0 saturated carbocycles. The predicted octanol–water partition coefficient (Wildman–Crippen LogP) is 3.47. The SMILES string of the molecule is COc1cccc(OC)c1CNC(=O)C1CCCN1C(=O)[C@H](N)C(c1ccccc1)c1ccccc1. The van der Waals surface area contributed by atoms with Gasteiger partial charge in [0.1, 0.15) is 17.5 Å². The van der Waals surface area contributed by atoms with Crippen LogP contribution >= 0.6 is 0 Å². The van der Waals surface area contributed by atoms with Crippen LogP contribution in [-0.4, -0.2) is 49.6 Å². The van der Waals surface area contributed by atoms with Crippen molar-refractivity contribution < 1.29 is 19.1 Å². The molecule has 0 spiro atoms. The number of amides is 2. The molecule has 2 atom stereocenters. The van der Waals surface area contributed by atoms with Crippen LogP contribution in [0.15, 0.2) is 78.9 Å². The molecule has 0 aromatic heterocycles. The Morgan fingerprint density at radius 2 is 1.47 bits per heavy atom. The van der Waals surface area contributed by atoms with Gasteiger partial charge in [-0.3, -0.25) is 9.59 Å². The van der Waals surface area contributed by atoms with Crippen molar-refractivity contribution in [2.24, 2.45) is 5.73 Å². The molecule has 1 unspecified atom stereocenters. The molecule has 1 aliphatic rings. The fourth-order valence-electron chi connectivity index (χ4n) is 4.96. The summed E-state index contributed by atoms with van der Waals surface area (Å²) in [5.41, 5.74) is 9.33. The summed E-state index contributed by atoms with van der Waals surface area (Å²) in [4.78, 5) is 28.6. The van der Waals surface area contributed by atoms with Crippen molar-refractivity contribution in [1.82, 2.24) is 10.2 Å². The van der Waals surface area contributed by atoms with Gasteiger partial charge in [0, 0.05) is 12.5 Å².